The number of methoxy groups -OCH3 is 1. The second-order valence-corrected chi connectivity index (χ2v) is 7.16. The molecular weight excluding hydrogens is 374 g/mol. The summed E-state index contributed by atoms with van der Waals surface area (Å²) >= 11 is 7.37. The fraction of sp³-hybridized carbons (Fsp3) is 0.158. The molecule has 0 amide bonds. The minimum absolute atomic E-state index is 0.278. The molecule has 0 fully saturated rings. The van der Waals surface area contributed by atoms with Crippen LogP contribution in [0.3, 0.4) is 0 Å². The number of nitrogens with zero attached hydrogens (tertiary/aromatic N) is 1. The Balaban J connectivity index is 2.09. The first kappa shape index (κ1) is 18.4. The van der Waals surface area contributed by atoms with E-state index in [0.717, 1.165) is 23.1 Å². The molecule has 1 unspecified atom stereocenters. The lowest BCUT2D eigenvalue weighted by Crippen LogP contribution is -2.10. The normalized spacial score (nSPS) is 12.0. The Kier molecular flexibility index (Phi) is 5.54. The van der Waals surface area contributed by atoms with Crippen LogP contribution in [0.4, 0.5) is 0 Å². The van der Waals surface area contributed by atoms with Gasteiger partial charge in [0.15, 0.2) is 5.76 Å². The van der Waals surface area contributed by atoms with Crippen molar-refractivity contribution in [1.82, 2.24) is 4.98 Å². The second kappa shape index (κ2) is 7.85. The molecule has 0 aliphatic heterocycles. The van der Waals surface area contributed by atoms with Crippen molar-refractivity contribution in [2.45, 2.75) is 17.4 Å². The molecule has 5 nitrogen and oxygen atoms in total. The molecule has 1 heterocycles. The summed E-state index contributed by atoms with van der Waals surface area (Å²) in [6.45, 7) is 1.58. The van der Waals surface area contributed by atoms with Gasteiger partial charge < -0.3 is 14.3 Å². The van der Waals surface area contributed by atoms with Crippen LogP contribution >= 0.6 is 23.4 Å². The zero-order valence-electron chi connectivity index (χ0n) is 14.1. The molecule has 3 rings (SSSR count). The van der Waals surface area contributed by atoms with Crippen molar-refractivity contribution < 1.29 is 19.1 Å². The van der Waals surface area contributed by atoms with Crippen molar-refractivity contribution in [3.05, 3.63) is 53.6 Å². The van der Waals surface area contributed by atoms with Gasteiger partial charge in [0.2, 0.25) is 0 Å². The maximum Gasteiger partial charge on any atom is 0.316 e. The fourth-order valence-corrected chi connectivity index (χ4v) is 3.23. The lowest BCUT2D eigenvalue weighted by Gasteiger charge is -2.04. The number of aliphatic carboxylic acids is 1. The molecule has 0 saturated heterocycles. The smallest absolute Gasteiger partial charge is 0.316 e. The standard InChI is InChI=1S/C19H16ClNO4S/c1-11(18(22)23)26-19-21-16(12-7-9-13(24-2)10-8-12)17(25-19)14-5-3-4-6-15(14)20/h3-11H,1-2H3,(H,22,23). The van der Waals surface area contributed by atoms with Crippen LogP contribution < -0.4 is 4.74 Å². The molecule has 26 heavy (non-hydrogen) atoms. The third-order valence-electron chi connectivity index (χ3n) is 3.71. The molecule has 0 aliphatic rings. The Morgan fingerprint density at radius 2 is 1.92 bits per heavy atom. The van der Waals surface area contributed by atoms with Crippen LogP contribution in [-0.4, -0.2) is 28.4 Å². The lowest BCUT2D eigenvalue weighted by atomic mass is 10.1. The summed E-state index contributed by atoms with van der Waals surface area (Å²) in [4.78, 5) is 15.6. The second-order valence-electron chi connectivity index (χ2n) is 5.46. The summed E-state index contributed by atoms with van der Waals surface area (Å²) in [5.74, 6) is 0.296. The molecule has 2 aromatic carbocycles. The quantitative estimate of drug-likeness (QED) is 0.581. The Labute approximate surface area is 160 Å². The highest BCUT2D eigenvalue weighted by Gasteiger charge is 2.22. The summed E-state index contributed by atoms with van der Waals surface area (Å²) in [7, 11) is 1.60. The van der Waals surface area contributed by atoms with E-state index >= 15 is 0 Å². The van der Waals surface area contributed by atoms with Crippen molar-refractivity contribution in [3.63, 3.8) is 0 Å². The number of hydrogen-bond acceptors (Lipinski definition) is 5. The zero-order chi connectivity index (χ0) is 18.7. The maximum absolute atomic E-state index is 11.1. The van der Waals surface area contributed by atoms with Gasteiger partial charge in [0, 0.05) is 11.1 Å². The highest BCUT2D eigenvalue weighted by Crippen LogP contribution is 2.39. The van der Waals surface area contributed by atoms with Crippen molar-refractivity contribution in [1.29, 1.82) is 0 Å². The Morgan fingerprint density at radius 3 is 2.54 bits per heavy atom. The van der Waals surface area contributed by atoms with Gasteiger partial charge >= 0.3 is 5.97 Å². The summed E-state index contributed by atoms with van der Waals surface area (Å²) in [6, 6.07) is 14.7. The van der Waals surface area contributed by atoms with Gasteiger partial charge in [0.25, 0.3) is 5.22 Å². The number of hydrogen-bond donors (Lipinski definition) is 1. The fourth-order valence-electron chi connectivity index (χ4n) is 2.32. The van der Waals surface area contributed by atoms with E-state index in [1.165, 1.54) is 0 Å². The molecule has 0 bridgehead atoms. The van der Waals surface area contributed by atoms with Crippen LogP contribution in [0.25, 0.3) is 22.6 Å². The van der Waals surface area contributed by atoms with Gasteiger partial charge in [-0.25, -0.2) is 4.98 Å². The molecule has 0 radical (unpaired) electrons. The maximum atomic E-state index is 11.1. The van der Waals surface area contributed by atoms with Crippen LogP contribution in [-0.2, 0) is 4.79 Å². The molecule has 134 valence electrons. The summed E-state index contributed by atoms with van der Waals surface area (Å²) in [6.07, 6.45) is 0. The van der Waals surface area contributed by atoms with Crippen molar-refractivity contribution in [3.8, 4) is 28.3 Å². The molecule has 0 saturated carbocycles. The first-order valence-electron chi connectivity index (χ1n) is 7.79. The molecular formula is C19H16ClNO4S. The van der Waals surface area contributed by atoms with E-state index in [4.69, 9.17) is 25.9 Å². The van der Waals surface area contributed by atoms with Crippen molar-refractivity contribution >= 4 is 29.3 Å². The monoisotopic (exact) mass is 389 g/mol. The zero-order valence-corrected chi connectivity index (χ0v) is 15.7. The van der Waals surface area contributed by atoms with Crippen LogP contribution in [0.1, 0.15) is 6.92 Å². The van der Waals surface area contributed by atoms with E-state index in [9.17, 15) is 4.79 Å². The summed E-state index contributed by atoms with van der Waals surface area (Å²) in [5, 5.41) is 9.25. The number of ether oxygens (including phenoxy) is 1. The highest BCUT2D eigenvalue weighted by atomic mass is 35.5. The van der Waals surface area contributed by atoms with Gasteiger partial charge in [0.1, 0.15) is 16.7 Å². The molecule has 1 aromatic heterocycles. The molecule has 7 heteroatoms. The van der Waals surface area contributed by atoms with E-state index in [1.54, 1.807) is 20.1 Å². The Morgan fingerprint density at radius 1 is 1.23 bits per heavy atom. The largest absolute Gasteiger partial charge is 0.497 e. The van der Waals surface area contributed by atoms with E-state index < -0.39 is 11.2 Å². The number of carbonyl (C=O) groups is 1. The van der Waals surface area contributed by atoms with Crippen LogP contribution in [0.2, 0.25) is 5.02 Å². The van der Waals surface area contributed by atoms with Crippen LogP contribution in [0.15, 0.2) is 58.2 Å². The van der Waals surface area contributed by atoms with Crippen LogP contribution in [0, 0.1) is 0 Å². The van der Waals surface area contributed by atoms with E-state index in [2.05, 4.69) is 4.98 Å². The van der Waals surface area contributed by atoms with Gasteiger partial charge in [-0.15, -0.1) is 0 Å². The molecule has 3 aromatic rings. The van der Waals surface area contributed by atoms with Crippen LogP contribution in [0.5, 0.6) is 5.75 Å². The van der Waals surface area contributed by atoms with E-state index in [0.29, 0.717) is 22.0 Å². The topological polar surface area (TPSA) is 72.6 Å². The van der Waals surface area contributed by atoms with E-state index in [1.807, 2.05) is 42.5 Å². The number of carboxylic acids is 1. The minimum atomic E-state index is -0.932. The minimum Gasteiger partial charge on any atom is -0.497 e. The molecule has 0 aliphatic carbocycles. The number of rotatable bonds is 6. The van der Waals surface area contributed by atoms with Gasteiger partial charge in [0.05, 0.1) is 12.1 Å². The predicted molar refractivity (Wildman–Crippen MR) is 102 cm³/mol. The number of aromatic nitrogens is 1. The lowest BCUT2D eigenvalue weighted by molar-refractivity contribution is -0.136. The Bertz CT molecular complexity index is 924. The highest BCUT2D eigenvalue weighted by molar-refractivity contribution is 8.00. The summed E-state index contributed by atoms with van der Waals surface area (Å²) < 4.78 is 11.1. The van der Waals surface area contributed by atoms with Gasteiger partial charge in [-0.2, -0.15) is 0 Å². The first-order chi connectivity index (χ1) is 12.5. The molecule has 1 N–H and O–H groups in total. The van der Waals surface area contributed by atoms with Gasteiger partial charge in [-0.05, 0) is 43.3 Å². The number of carboxylic acid groups (broad SMARTS) is 1. The van der Waals surface area contributed by atoms with Crippen molar-refractivity contribution in [2.75, 3.05) is 7.11 Å². The molecule has 0 spiro atoms. The average Bonchev–Trinajstić information content (AvgIpc) is 3.05. The summed E-state index contributed by atoms with van der Waals surface area (Å²) in [5.41, 5.74) is 2.11. The SMILES string of the molecule is COc1ccc(-c2nc(SC(C)C(=O)O)oc2-c2ccccc2Cl)cc1. The average molecular weight is 390 g/mol. The van der Waals surface area contributed by atoms with Gasteiger partial charge in [-0.3, -0.25) is 4.79 Å². The third kappa shape index (κ3) is 3.86. The first-order valence-corrected chi connectivity index (χ1v) is 9.05. The molecule has 1 atom stereocenters. The number of halogens is 1. The number of thioether (sulfide) groups is 1. The van der Waals surface area contributed by atoms with Crippen molar-refractivity contribution in [2.24, 2.45) is 0 Å². The van der Waals surface area contributed by atoms with E-state index in [-0.39, 0.29) is 5.22 Å². The third-order valence-corrected chi connectivity index (χ3v) is 4.98. The number of oxazole rings is 1. The predicted octanol–water partition coefficient (Wildman–Crippen LogP) is 5.24. The van der Waals surface area contributed by atoms with Gasteiger partial charge in [-0.1, -0.05) is 35.5 Å². The number of benzene rings is 2. The Hall–Kier alpha value is -2.44.